The van der Waals surface area contributed by atoms with Gasteiger partial charge in [-0.15, -0.1) is 0 Å². The molecule has 0 aromatic heterocycles. The van der Waals surface area contributed by atoms with Gasteiger partial charge in [-0.3, -0.25) is 14.9 Å². The quantitative estimate of drug-likeness (QED) is 0.731. The van der Waals surface area contributed by atoms with Gasteiger partial charge in [0, 0.05) is 30.8 Å². The van der Waals surface area contributed by atoms with Crippen molar-refractivity contribution in [3.05, 3.63) is 65.7 Å². The zero-order valence-corrected chi connectivity index (χ0v) is 18.2. The molecular weight excluding hydrogens is 394 g/mol. The maximum Gasteiger partial charge on any atom is 0.412 e. The lowest BCUT2D eigenvalue weighted by Gasteiger charge is -2.25. The molecule has 1 aliphatic heterocycles. The van der Waals surface area contributed by atoms with Crippen molar-refractivity contribution >= 4 is 23.6 Å². The lowest BCUT2D eigenvalue weighted by Crippen LogP contribution is -2.38. The third-order valence-electron chi connectivity index (χ3n) is 4.85. The number of hydrogen-bond acceptors (Lipinski definition) is 4. The van der Waals surface area contributed by atoms with Crippen LogP contribution in [0, 0.1) is 0 Å². The lowest BCUT2D eigenvalue weighted by molar-refractivity contribution is -0.128. The number of benzene rings is 2. The number of nitrogens with one attached hydrogen (secondary N) is 2. The lowest BCUT2D eigenvalue weighted by atomic mass is 10.1. The number of anilines is 1. The average Bonchev–Trinajstić information content (AvgIpc) is 3.11. The largest absolute Gasteiger partial charge is 0.444 e. The minimum atomic E-state index is -0.616. The summed E-state index contributed by atoms with van der Waals surface area (Å²) < 4.78 is 5.26. The van der Waals surface area contributed by atoms with E-state index in [9.17, 15) is 14.4 Å². The van der Waals surface area contributed by atoms with Crippen LogP contribution >= 0.6 is 0 Å². The molecular formula is C24H29N3O4. The Morgan fingerprint density at radius 3 is 2.48 bits per heavy atom. The van der Waals surface area contributed by atoms with Crippen LogP contribution in [0.25, 0.3) is 0 Å². The molecule has 1 atom stereocenters. The van der Waals surface area contributed by atoms with E-state index in [1.807, 2.05) is 30.3 Å². The third-order valence-corrected chi connectivity index (χ3v) is 4.85. The molecule has 0 unspecified atom stereocenters. The second-order valence-corrected chi connectivity index (χ2v) is 8.59. The molecule has 1 saturated heterocycles. The van der Waals surface area contributed by atoms with E-state index < -0.39 is 11.7 Å². The molecule has 3 amide bonds. The van der Waals surface area contributed by atoms with Gasteiger partial charge in [-0.1, -0.05) is 36.4 Å². The molecule has 1 fully saturated rings. The Morgan fingerprint density at radius 2 is 1.84 bits per heavy atom. The molecule has 0 radical (unpaired) electrons. The minimum absolute atomic E-state index is 0.110. The van der Waals surface area contributed by atoms with Crippen LogP contribution in [0.3, 0.4) is 0 Å². The molecule has 0 bridgehead atoms. The van der Waals surface area contributed by atoms with Crippen molar-refractivity contribution in [3.8, 4) is 0 Å². The predicted octanol–water partition coefficient (Wildman–Crippen LogP) is 4.13. The number of amides is 3. The Morgan fingerprint density at radius 1 is 1.10 bits per heavy atom. The number of carbonyl (C=O) groups excluding carboxylic acids is 3. The second-order valence-electron chi connectivity index (χ2n) is 8.59. The SMILES string of the molecule is CC(C)(C)OC(=O)Nc1cccc(C(=O)N[C@H](CN2CCCC2=O)c2ccccc2)c1. The molecule has 164 valence electrons. The molecule has 7 nitrogen and oxygen atoms in total. The van der Waals surface area contributed by atoms with Gasteiger partial charge in [0.1, 0.15) is 5.60 Å². The highest BCUT2D eigenvalue weighted by atomic mass is 16.6. The molecule has 0 spiro atoms. The van der Waals surface area contributed by atoms with E-state index in [1.54, 1.807) is 49.9 Å². The van der Waals surface area contributed by atoms with Crippen LogP contribution in [0.1, 0.15) is 55.6 Å². The first-order valence-electron chi connectivity index (χ1n) is 10.4. The molecule has 1 heterocycles. The second kappa shape index (κ2) is 9.64. The summed E-state index contributed by atoms with van der Waals surface area (Å²) in [5.74, 6) is -0.174. The Labute approximate surface area is 182 Å². The van der Waals surface area contributed by atoms with E-state index in [0.717, 1.165) is 12.0 Å². The zero-order valence-electron chi connectivity index (χ0n) is 18.2. The third kappa shape index (κ3) is 6.57. The highest BCUT2D eigenvalue weighted by molar-refractivity contribution is 5.96. The highest BCUT2D eigenvalue weighted by Crippen LogP contribution is 2.20. The monoisotopic (exact) mass is 423 g/mol. The Bertz CT molecular complexity index is 937. The van der Waals surface area contributed by atoms with E-state index in [1.165, 1.54) is 0 Å². The van der Waals surface area contributed by atoms with E-state index in [-0.39, 0.29) is 17.9 Å². The topological polar surface area (TPSA) is 87.7 Å². The van der Waals surface area contributed by atoms with Gasteiger partial charge in [-0.05, 0) is 51.0 Å². The molecule has 2 aromatic carbocycles. The highest BCUT2D eigenvalue weighted by Gasteiger charge is 2.25. The summed E-state index contributed by atoms with van der Waals surface area (Å²) in [4.78, 5) is 38.9. The van der Waals surface area contributed by atoms with Crippen LogP contribution in [-0.4, -0.2) is 41.5 Å². The van der Waals surface area contributed by atoms with Crippen molar-refractivity contribution in [1.29, 1.82) is 0 Å². The number of ether oxygens (including phenoxy) is 1. The van der Waals surface area contributed by atoms with E-state index in [0.29, 0.717) is 30.8 Å². The van der Waals surface area contributed by atoms with Crippen molar-refractivity contribution in [3.63, 3.8) is 0 Å². The van der Waals surface area contributed by atoms with Crippen LogP contribution in [0.15, 0.2) is 54.6 Å². The van der Waals surface area contributed by atoms with E-state index in [4.69, 9.17) is 4.74 Å². The van der Waals surface area contributed by atoms with Crippen LogP contribution in [0.4, 0.5) is 10.5 Å². The van der Waals surface area contributed by atoms with Gasteiger partial charge in [0.25, 0.3) is 5.91 Å². The van der Waals surface area contributed by atoms with Gasteiger partial charge in [0.15, 0.2) is 0 Å². The van der Waals surface area contributed by atoms with Gasteiger partial charge in [-0.2, -0.15) is 0 Å². The number of rotatable bonds is 6. The predicted molar refractivity (Wildman–Crippen MR) is 119 cm³/mol. The number of likely N-dealkylation sites (tertiary alicyclic amines) is 1. The summed E-state index contributed by atoms with van der Waals surface area (Å²) in [5.41, 5.74) is 1.18. The molecule has 31 heavy (non-hydrogen) atoms. The molecule has 2 aromatic rings. The number of carbonyl (C=O) groups is 3. The molecule has 2 N–H and O–H groups in total. The van der Waals surface area contributed by atoms with Crippen LogP contribution in [-0.2, 0) is 9.53 Å². The van der Waals surface area contributed by atoms with Crippen molar-refractivity contribution in [2.24, 2.45) is 0 Å². The fourth-order valence-electron chi connectivity index (χ4n) is 3.44. The molecule has 7 heteroatoms. The van der Waals surface area contributed by atoms with Crippen LogP contribution in [0.5, 0.6) is 0 Å². The first-order chi connectivity index (χ1) is 14.7. The maximum absolute atomic E-state index is 13.0. The van der Waals surface area contributed by atoms with E-state index in [2.05, 4.69) is 10.6 Å². The van der Waals surface area contributed by atoms with Gasteiger partial charge >= 0.3 is 6.09 Å². The van der Waals surface area contributed by atoms with Gasteiger partial charge in [-0.25, -0.2) is 4.79 Å². The first kappa shape index (κ1) is 22.3. The number of nitrogens with zero attached hydrogens (tertiary/aromatic N) is 1. The van der Waals surface area contributed by atoms with E-state index >= 15 is 0 Å². The number of hydrogen-bond donors (Lipinski definition) is 2. The normalized spacial score (nSPS) is 14.8. The van der Waals surface area contributed by atoms with Gasteiger partial charge in [0.05, 0.1) is 6.04 Å². The minimum Gasteiger partial charge on any atom is -0.444 e. The Hall–Kier alpha value is -3.35. The zero-order chi connectivity index (χ0) is 22.4. The fourth-order valence-corrected chi connectivity index (χ4v) is 3.44. The summed E-state index contributed by atoms with van der Waals surface area (Å²) in [6.45, 7) is 6.47. The van der Waals surface area contributed by atoms with Crippen molar-refractivity contribution in [2.45, 2.75) is 45.3 Å². The van der Waals surface area contributed by atoms with Crippen molar-refractivity contribution < 1.29 is 19.1 Å². The van der Waals surface area contributed by atoms with Gasteiger partial charge < -0.3 is 15.0 Å². The summed E-state index contributed by atoms with van der Waals surface area (Å²) in [6.07, 6.45) is 0.806. The Kier molecular flexibility index (Phi) is 6.95. The average molecular weight is 424 g/mol. The standard InChI is InChI=1S/C24H29N3O4/c1-24(2,3)31-23(30)25-19-12-7-11-18(15-19)22(29)26-20(17-9-5-4-6-10-17)16-27-14-8-13-21(27)28/h4-7,9-12,15,20H,8,13-14,16H2,1-3H3,(H,25,30)(H,26,29)/t20-/m1/s1. The summed E-state index contributed by atoms with van der Waals surface area (Å²) in [5, 5.41) is 5.69. The fraction of sp³-hybridized carbons (Fsp3) is 0.375. The Balaban J connectivity index is 1.72. The summed E-state index contributed by atoms with van der Waals surface area (Å²) in [7, 11) is 0. The molecule has 3 rings (SSSR count). The molecule has 0 aliphatic carbocycles. The molecule has 0 saturated carbocycles. The molecule has 1 aliphatic rings. The smallest absolute Gasteiger partial charge is 0.412 e. The summed E-state index contributed by atoms with van der Waals surface area (Å²) in [6, 6.07) is 15.9. The van der Waals surface area contributed by atoms with Crippen LogP contribution in [0.2, 0.25) is 0 Å². The van der Waals surface area contributed by atoms with Crippen molar-refractivity contribution in [2.75, 3.05) is 18.4 Å². The van der Waals surface area contributed by atoms with Crippen molar-refractivity contribution in [1.82, 2.24) is 10.2 Å². The van der Waals surface area contributed by atoms with Crippen LogP contribution < -0.4 is 10.6 Å². The van der Waals surface area contributed by atoms with Gasteiger partial charge in [0.2, 0.25) is 5.91 Å². The first-order valence-corrected chi connectivity index (χ1v) is 10.4. The maximum atomic E-state index is 13.0. The summed E-state index contributed by atoms with van der Waals surface area (Å²) >= 11 is 0.